The summed E-state index contributed by atoms with van der Waals surface area (Å²) in [6.45, 7) is 0.454. The van der Waals surface area contributed by atoms with E-state index in [-0.39, 0.29) is 11.1 Å². The van der Waals surface area contributed by atoms with Gasteiger partial charge in [-0.2, -0.15) is 5.10 Å². The van der Waals surface area contributed by atoms with Crippen LogP contribution in [-0.4, -0.2) is 24.9 Å². The summed E-state index contributed by atoms with van der Waals surface area (Å²) < 4.78 is 2.74. The molecular weight excluding hydrogens is 465 g/mol. The maximum absolute atomic E-state index is 9.69. The number of halogens is 3. The van der Waals surface area contributed by atoms with Crippen molar-refractivity contribution in [3.05, 3.63) is 70.0 Å². The minimum atomic E-state index is -0.261. The highest BCUT2D eigenvalue weighted by Gasteiger charge is 2.15. The van der Waals surface area contributed by atoms with E-state index in [0.717, 1.165) is 15.4 Å². The Morgan fingerprint density at radius 1 is 1.14 bits per heavy atom. The number of nitrogens with one attached hydrogen (secondary N) is 1. The second-order valence-corrected chi connectivity index (χ2v) is 7.94. The molecule has 28 heavy (non-hydrogen) atoms. The van der Waals surface area contributed by atoms with Gasteiger partial charge in [0.1, 0.15) is 17.9 Å². The molecule has 142 valence electrons. The molecule has 0 saturated carbocycles. The lowest BCUT2D eigenvalue weighted by Crippen LogP contribution is -2.07. The predicted octanol–water partition coefficient (Wildman–Crippen LogP) is 5.67. The third-order valence-electron chi connectivity index (χ3n) is 4.20. The van der Waals surface area contributed by atoms with Gasteiger partial charge in [0.05, 0.1) is 34.2 Å². The number of rotatable bonds is 5. The molecule has 0 saturated heterocycles. The van der Waals surface area contributed by atoms with Gasteiger partial charge in [0.15, 0.2) is 5.65 Å². The summed E-state index contributed by atoms with van der Waals surface area (Å²) >= 11 is 16.2. The zero-order valence-corrected chi connectivity index (χ0v) is 17.4. The maximum atomic E-state index is 9.69. The molecule has 9 heteroatoms. The van der Waals surface area contributed by atoms with Crippen LogP contribution in [0.15, 0.2) is 59.5 Å². The quantitative estimate of drug-likeness (QED) is 0.361. The van der Waals surface area contributed by atoms with Crippen LogP contribution in [0.25, 0.3) is 11.0 Å². The van der Waals surface area contributed by atoms with Gasteiger partial charge >= 0.3 is 0 Å². The molecule has 0 radical (unpaired) electrons. The minimum Gasteiger partial charge on any atom is -0.508 e. The number of phenols is 1. The Bertz CT molecular complexity index is 1130. The van der Waals surface area contributed by atoms with Gasteiger partial charge < -0.3 is 10.4 Å². The minimum absolute atomic E-state index is 0.104. The number of benzene rings is 2. The van der Waals surface area contributed by atoms with Gasteiger partial charge in [0.25, 0.3) is 0 Å². The first kappa shape index (κ1) is 19.0. The SMILES string of the molecule is Oc1ccc(Cl)c(Nc2ncnc3c2cnn3CC(Cl)c2ccc(Br)cc2)c1. The van der Waals surface area contributed by atoms with Gasteiger partial charge in [-0.15, -0.1) is 11.6 Å². The number of fused-ring (bicyclic) bond motifs is 1. The van der Waals surface area contributed by atoms with Crippen molar-refractivity contribution in [3.63, 3.8) is 0 Å². The zero-order valence-electron chi connectivity index (χ0n) is 14.4. The van der Waals surface area contributed by atoms with Crippen LogP contribution >= 0.6 is 39.1 Å². The van der Waals surface area contributed by atoms with Crippen LogP contribution in [0.5, 0.6) is 5.75 Å². The molecule has 0 bridgehead atoms. The third kappa shape index (κ3) is 3.92. The molecule has 0 aliphatic carbocycles. The lowest BCUT2D eigenvalue weighted by Gasteiger charge is -2.11. The molecule has 0 aliphatic heterocycles. The molecule has 4 rings (SSSR count). The Balaban J connectivity index is 1.63. The van der Waals surface area contributed by atoms with E-state index in [1.807, 2.05) is 24.3 Å². The Labute approximate surface area is 179 Å². The van der Waals surface area contributed by atoms with Gasteiger partial charge in [-0.3, -0.25) is 0 Å². The Kier molecular flexibility index (Phi) is 5.39. The molecule has 4 aromatic rings. The van der Waals surface area contributed by atoms with E-state index in [2.05, 4.69) is 36.3 Å². The van der Waals surface area contributed by atoms with Gasteiger partial charge in [-0.25, -0.2) is 14.6 Å². The first-order valence-corrected chi connectivity index (χ1v) is 9.93. The summed E-state index contributed by atoms with van der Waals surface area (Å²) in [5.41, 5.74) is 2.18. The molecule has 2 heterocycles. The molecular formula is C19H14BrCl2N5O. The number of alkyl halides is 1. The fourth-order valence-electron chi connectivity index (χ4n) is 2.79. The molecule has 2 N–H and O–H groups in total. The van der Waals surface area contributed by atoms with Crippen molar-refractivity contribution >= 4 is 61.7 Å². The van der Waals surface area contributed by atoms with E-state index in [4.69, 9.17) is 23.2 Å². The van der Waals surface area contributed by atoms with Gasteiger partial charge in [0, 0.05) is 10.5 Å². The molecule has 0 amide bonds. The topological polar surface area (TPSA) is 75.9 Å². The Hall–Kier alpha value is -2.35. The van der Waals surface area contributed by atoms with Crippen LogP contribution in [0.4, 0.5) is 11.5 Å². The zero-order chi connectivity index (χ0) is 19.7. The normalized spacial score (nSPS) is 12.2. The number of aromatic nitrogens is 4. The van der Waals surface area contributed by atoms with Crippen molar-refractivity contribution in [2.24, 2.45) is 0 Å². The van der Waals surface area contributed by atoms with E-state index in [1.165, 1.54) is 18.5 Å². The van der Waals surface area contributed by atoms with E-state index in [1.54, 1.807) is 16.9 Å². The predicted molar refractivity (Wildman–Crippen MR) is 114 cm³/mol. The summed E-state index contributed by atoms with van der Waals surface area (Å²) in [7, 11) is 0. The van der Waals surface area contributed by atoms with Crippen LogP contribution in [0.1, 0.15) is 10.9 Å². The van der Waals surface area contributed by atoms with Crippen molar-refractivity contribution in [1.29, 1.82) is 0 Å². The second-order valence-electron chi connectivity index (χ2n) is 6.09. The number of aromatic hydroxyl groups is 1. The van der Waals surface area contributed by atoms with Gasteiger partial charge in [0.2, 0.25) is 0 Å². The van der Waals surface area contributed by atoms with Crippen LogP contribution in [0.3, 0.4) is 0 Å². The van der Waals surface area contributed by atoms with Crippen molar-refractivity contribution in [2.45, 2.75) is 11.9 Å². The highest BCUT2D eigenvalue weighted by molar-refractivity contribution is 9.10. The third-order valence-corrected chi connectivity index (χ3v) is 5.45. The number of hydrogen-bond acceptors (Lipinski definition) is 5. The summed E-state index contributed by atoms with van der Waals surface area (Å²) in [5.74, 6) is 0.644. The fourth-order valence-corrected chi connectivity index (χ4v) is 3.50. The molecule has 2 aromatic carbocycles. The van der Waals surface area contributed by atoms with Crippen molar-refractivity contribution in [1.82, 2.24) is 19.7 Å². The first-order chi connectivity index (χ1) is 13.5. The number of hydrogen-bond donors (Lipinski definition) is 2. The van der Waals surface area contributed by atoms with Crippen molar-refractivity contribution in [3.8, 4) is 5.75 Å². The van der Waals surface area contributed by atoms with Crippen LogP contribution < -0.4 is 5.32 Å². The van der Waals surface area contributed by atoms with Crippen LogP contribution in [0.2, 0.25) is 5.02 Å². The lowest BCUT2D eigenvalue weighted by atomic mass is 10.1. The molecule has 1 atom stereocenters. The molecule has 6 nitrogen and oxygen atoms in total. The average molecular weight is 479 g/mol. The van der Waals surface area contributed by atoms with Gasteiger partial charge in [-0.05, 0) is 29.8 Å². The summed E-state index contributed by atoms with van der Waals surface area (Å²) in [5, 5.41) is 18.2. The molecule has 2 aromatic heterocycles. The monoisotopic (exact) mass is 477 g/mol. The first-order valence-electron chi connectivity index (χ1n) is 8.33. The van der Waals surface area contributed by atoms with E-state index in [0.29, 0.717) is 28.7 Å². The molecule has 0 fully saturated rings. The summed E-state index contributed by atoms with van der Waals surface area (Å²) in [6.07, 6.45) is 3.13. The average Bonchev–Trinajstić information content (AvgIpc) is 3.09. The summed E-state index contributed by atoms with van der Waals surface area (Å²) in [4.78, 5) is 8.62. The van der Waals surface area contributed by atoms with Crippen LogP contribution in [-0.2, 0) is 6.54 Å². The van der Waals surface area contributed by atoms with E-state index in [9.17, 15) is 5.11 Å². The van der Waals surface area contributed by atoms with Gasteiger partial charge in [-0.1, -0.05) is 39.7 Å². The van der Waals surface area contributed by atoms with E-state index >= 15 is 0 Å². The van der Waals surface area contributed by atoms with E-state index < -0.39 is 0 Å². The standard InChI is InChI=1S/C19H14BrCl2N5O/c20-12-3-1-11(2-4-12)16(22)9-27-19-14(8-25-27)18(23-10-24-19)26-17-7-13(28)5-6-15(17)21/h1-8,10,16,28H,9H2,(H,23,24,26). The number of anilines is 2. The van der Waals surface area contributed by atoms with Crippen molar-refractivity contribution < 1.29 is 5.11 Å². The highest BCUT2D eigenvalue weighted by atomic mass is 79.9. The fraction of sp³-hybridized carbons (Fsp3) is 0.105. The molecule has 0 spiro atoms. The maximum Gasteiger partial charge on any atom is 0.163 e. The smallest absolute Gasteiger partial charge is 0.163 e. The highest BCUT2D eigenvalue weighted by Crippen LogP contribution is 2.31. The van der Waals surface area contributed by atoms with Crippen molar-refractivity contribution in [2.75, 3.05) is 5.32 Å². The Morgan fingerprint density at radius 3 is 2.71 bits per heavy atom. The number of nitrogens with zero attached hydrogens (tertiary/aromatic N) is 4. The van der Waals surface area contributed by atoms with Crippen LogP contribution in [0, 0.1) is 0 Å². The number of phenolic OH excluding ortho intramolecular Hbond substituents is 1. The molecule has 0 aliphatic rings. The lowest BCUT2D eigenvalue weighted by molar-refractivity contribution is 0.475. The Morgan fingerprint density at radius 2 is 1.93 bits per heavy atom. The molecule has 1 unspecified atom stereocenters. The largest absolute Gasteiger partial charge is 0.508 e. The second kappa shape index (κ2) is 7.95. The summed E-state index contributed by atoms with van der Waals surface area (Å²) in [6, 6.07) is 12.5.